The summed E-state index contributed by atoms with van der Waals surface area (Å²) in [6.07, 6.45) is 2.63. The predicted molar refractivity (Wildman–Crippen MR) is 70.2 cm³/mol. The number of anilines is 1. The van der Waals surface area contributed by atoms with Crippen LogP contribution in [-0.4, -0.2) is 35.4 Å². The molecule has 1 rings (SSSR count). The van der Waals surface area contributed by atoms with Gasteiger partial charge in [0.25, 0.3) is 5.91 Å². The van der Waals surface area contributed by atoms with Gasteiger partial charge in [-0.05, 0) is 12.3 Å². The van der Waals surface area contributed by atoms with Gasteiger partial charge in [-0.3, -0.25) is 9.48 Å². The third-order valence-corrected chi connectivity index (χ3v) is 2.44. The fourth-order valence-corrected chi connectivity index (χ4v) is 1.42. The van der Waals surface area contributed by atoms with Crippen molar-refractivity contribution in [2.24, 2.45) is 13.0 Å². The van der Waals surface area contributed by atoms with Crippen molar-refractivity contribution in [1.82, 2.24) is 15.1 Å². The normalized spacial score (nSPS) is 10.9. The first-order valence-electron chi connectivity index (χ1n) is 6.15. The van der Waals surface area contributed by atoms with Crippen molar-refractivity contribution < 1.29 is 9.53 Å². The van der Waals surface area contributed by atoms with Crippen molar-refractivity contribution in [3.8, 4) is 0 Å². The fraction of sp³-hybridized carbons (Fsp3) is 0.667. The molecule has 1 aromatic rings. The molecule has 0 unspecified atom stereocenters. The van der Waals surface area contributed by atoms with E-state index in [9.17, 15) is 4.79 Å². The molecule has 0 saturated carbocycles. The average Bonchev–Trinajstić information content (AvgIpc) is 2.62. The summed E-state index contributed by atoms with van der Waals surface area (Å²) in [6, 6.07) is 0. The molecule has 0 aromatic carbocycles. The maximum atomic E-state index is 11.7. The number of nitrogen functional groups attached to an aromatic ring is 1. The first kappa shape index (κ1) is 14.5. The van der Waals surface area contributed by atoms with Crippen LogP contribution in [0.5, 0.6) is 0 Å². The van der Waals surface area contributed by atoms with Crippen LogP contribution < -0.4 is 11.1 Å². The largest absolute Gasteiger partial charge is 0.396 e. The Morgan fingerprint density at radius 2 is 2.28 bits per heavy atom. The van der Waals surface area contributed by atoms with Gasteiger partial charge in [0.2, 0.25) is 0 Å². The number of nitrogens with one attached hydrogen (secondary N) is 1. The molecule has 0 aliphatic heterocycles. The van der Waals surface area contributed by atoms with Gasteiger partial charge in [-0.2, -0.15) is 5.10 Å². The number of hydrogen-bond acceptors (Lipinski definition) is 4. The Hall–Kier alpha value is -1.56. The smallest absolute Gasteiger partial charge is 0.274 e. The molecule has 0 atom stereocenters. The highest BCUT2D eigenvalue weighted by Crippen LogP contribution is 2.07. The molecular weight excluding hydrogens is 232 g/mol. The zero-order valence-electron chi connectivity index (χ0n) is 11.3. The zero-order valence-corrected chi connectivity index (χ0v) is 11.3. The van der Waals surface area contributed by atoms with E-state index >= 15 is 0 Å². The lowest BCUT2D eigenvalue weighted by Gasteiger charge is -2.07. The first-order valence-corrected chi connectivity index (χ1v) is 6.15. The van der Waals surface area contributed by atoms with Crippen LogP contribution in [0.3, 0.4) is 0 Å². The van der Waals surface area contributed by atoms with Crippen molar-refractivity contribution in [2.75, 3.05) is 25.5 Å². The minimum absolute atomic E-state index is 0.263. The monoisotopic (exact) mass is 254 g/mol. The summed E-state index contributed by atoms with van der Waals surface area (Å²) in [4.78, 5) is 11.7. The lowest BCUT2D eigenvalue weighted by atomic mass is 10.1. The molecule has 0 aliphatic carbocycles. The Morgan fingerprint density at radius 3 is 2.83 bits per heavy atom. The van der Waals surface area contributed by atoms with Gasteiger partial charge in [0, 0.05) is 26.4 Å². The Kier molecular flexibility index (Phi) is 5.64. The Morgan fingerprint density at radius 1 is 1.56 bits per heavy atom. The number of ether oxygens (including phenoxy) is 1. The van der Waals surface area contributed by atoms with Gasteiger partial charge in [-0.15, -0.1) is 0 Å². The second kappa shape index (κ2) is 7.00. The topological polar surface area (TPSA) is 82.2 Å². The van der Waals surface area contributed by atoms with Crippen molar-refractivity contribution in [2.45, 2.75) is 20.3 Å². The molecular formula is C12H22N4O2. The highest BCUT2D eigenvalue weighted by Gasteiger charge is 2.12. The van der Waals surface area contributed by atoms with Crippen LogP contribution in [-0.2, 0) is 11.8 Å². The van der Waals surface area contributed by atoms with Crippen molar-refractivity contribution in [3.63, 3.8) is 0 Å². The van der Waals surface area contributed by atoms with Crippen molar-refractivity contribution in [3.05, 3.63) is 11.9 Å². The minimum Gasteiger partial charge on any atom is -0.396 e. The molecule has 0 aliphatic rings. The van der Waals surface area contributed by atoms with Crippen LogP contribution in [0.25, 0.3) is 0 Å². The van der Waals surface area contributed by atoms with Crippen molar-refractivity contribution in [1.29, 1.82) is 0 Å². The number of nitrogens with zero attached hydrogens (tertiary/aromatic N) is 2. The number of amides is 1. The number of nitrogens with two attached hydrogens (primary N) is 1. The minimum atomic E-state index is -0.263. The van der Waals surface area contributed by atoms with Crippen LogP contribution in [0, 0.1) is 5.92 Å². The molecule has 6 heteroatoms. The van der Waals surface area contributed by atoms with E-state index in [0.29, 0.717) is 24.8 Å². The number of carbonyl (C=O) groups is 1. The summed E-state index contributed by atoms with van der Waals surface area (Å²) in [5.41, 5.74) is 6.30. The maximum Gasteiger partial charge on any atom is 0.274 e. The third kappa shape index (κ3) is 4.75. The molecule has 0 radical (unpaired) electrons. The van der Waals surface area contributed by atoms with Crippen LogP contribution in [0.2, 0.25) is 0 Å². The van der Waals surface area contributed by atoms with E-state index < -0.39 is 0 Å². The summed E-state index contributed by atoms with van der Waals surface area (Å²) in [5, 5.41) is 6.71. The molecule has 102 valence electrons. The van der Waals surface area contributed by atoms with Crippen LogP contribution in [0.1, 0.15) is 30.8 Å². The Balaban J connectivity index is 2.20. The molecule has 0 bridgehead atoms. The molecule has 1 aromatic heterocycles. The number of rotatable bonds is 7. The van der Waals surface area contributed by atoms with Crippen LogP contribution in [0.4, 0.5) is 5.69 Å². The predicted octanol–water partition coefficient (Wildman–Crippen LogP) is 0.795. The average molecular weight is 254 g/mol. The number of aryl methyl sites for hydroxylation is 1. The molecule has 0 saturated heterocycles. The molecule has 0 spiro atoms. The van der Waals surface area contributed by atoms with Gasteiger partial charge in [-0.1, -0.05) is 13.8 Å². The second-order valence-electron chi connectivity index (χ2n) is 4.66. The number of carbonyl (C=O) groups excluding carboxylic acids is 1. The van der Waals surface area contributed by atoms with E-state index in [4.69, 9.17) is 10.5 Å². The molecule has 6 nitrogen and oxygen atoms in total. The van der Waals surface area contributed by atoms with Gasteiger partial charge < -0.3 is 15.8 Å². The zero-order chi connectivity index (χ0) is 13.5. The first-order chi connectivity index (χ1) is 8.50. The van der Waals surface area contributed by atoms with E-state index in [1.165, 1.54) is 4.68 Å². The van der Waals surface area contributed by atoms with Gasteiger partial charge in [0.05, 0.1) is 12.3 Å². The van der Waals surface area contributed by atoms with Gasteiger partial charge in [-0.25, -0.2) is 0 Å². The van der Waals surface area contributed by atoms with E-state index in [0.717, 1.165) is 13.0 Å². The quantitative estimate of drug-likeness (QED) is 0.705. The van der Waals surface area contributed by atoms with E-state index in [2.05, 4.69) is 24.3 Å². The molecule has 18 heavy (non-hydrogen) atoms. The van der Waals surface area contributed by atoms with E-state index in [-0.39, 0.29) is 11.6 Å². The standard InChI is InChI=1S/C12H22N4O2/c1-9(2)4-6-18-7-5-14-12(17)11-10(13)8-16(3)15-11/h8-9H,4-7,13H2,1-3H3,(H,14,17). The van der Waals surface area contributed by atoms with Gasteiger partial charge in [0.15, 0.2) is 5.69 Å². The van der Waals surface area contributed by atoms with Crippen LogP contribution >= 0.6 is 0 Å². The molecule has 0 fully saturated rings. The fourth-order valence-electron chi connectivity index (χ4n) is 1.42. The summed E-state index contributed by atoms with van der Waals surface area (Å²) < 4.78 is 6.91. The van der Waals surface area contributed by atoms with Crippen LogP contribution in [0.15, 0.2) is 6.20 Å². The number of hydrogen-bond donors (Lipinski definition) is 2. The SMILES string of the molecule is CC(C)CCOCCNC(=O)c1nn(C)cc1N. The lowest BCUT2D eigenvalue weighted by molar-refractivity contribution is 0.0901. The third-order valence-electron chi connectivity index (χ3n) is 2.44. The highest BCUT2D eigenvalue weighted by molar-refractivity contribution is 5.96. The Bertz CT molecular complexity index is 387. The summed E-state index contributed by atoms with van der Waals surface area (Å²) in [7, 11) is 1.72. The number of aromatic nitrogens is 2. The molecule has 1 heterocycles. The second-order valence-corrected chi connectivity index (χ2v) is 4.66. The summed E-state index contributed by atoms with van der Waals surface area (Å²) in [5.74, 6) is 0.369. The van der Waals surface area contributed by atoms with Gasteiger partial charge >= 0.3 is 0 Å². The summed E-state index contributed by atoms with van der Waals surface area (Å²) in [6.45, 7) is 5.99. The Labute approximate surface area is 107 Å². The summed E-state index contributed by atoms with van der Waals surface area (Å²) >= 11 is 0. The maximum absolute atomic E-state index is 11.7. The van der Waals surface area contributed by atoms with E-state index in [1.807, 2.05) is 0 Å². The lowest BCUT2D eigenvalue weighted by Crippen LogP contribution is -2.28. The van der Waals surface area contributed by atoms with Gasteiger partial charge in [0.1, 0.15) is 0 Å². The molecule has 1 amide bonds. The highest BCUT2D eigenvalue weighted by atomic mass is 16.5. The van der Waals surface area contributed by atoms with E-state index in [1.54, 1.807) is 13.2 Å². The molecule has 3 N–H and O–H groups in total. The van der Waals surface area contributed by atoms with Crippen molar-refractivity contribution >= 4 is 11.6 Å².